The molecule has 2 N–H and O–H groups in total. The van der Waals surface area contributed by atoms with Crippen LogP contribution in [0.3, 0.4) is 0 Å². The number of amides is 1. The molecule has 1 aromatic rings. The minimum atomic E-state index is -1.12. The van der Waals surface area contributed by atoms with Gasteiger partial charge < -0.3 is 10.6 Å². The molecule has 0 heterocycles. The number of hydrogen-bond acceptors (Lipinski definition) is 6. The fraction of sp³-hybridized carbons (Fsp3) is 0.364. The number of carbonyl (C=O) groups excluding carboxylic acids is 1. The molecule has 0 aliphatic rings. The highest BCUT2D eigenvalue weighted by Crippen LogP contribution is 2.35. The smallest absolute Gasteiger partial charge is 0.293 e. The molecular formula is C11H12Cl2N4O5. The molecule has 120 valence electrons. The quantitative estimate of drug-likeness (QED) is 0.432. The lowest BCUT2D eigenvalue weighted by Gasteiger charge is -2.22. The second-order valence-corrected chi connectivity index (χ2v) is 4.86. The summed E-state index contributed by atoms with van der Waals surface area (Å²) in [6.07, 6.45) is 0. The summed E-state index contributed by atoms with van der Waals surface area (Å²) in [4.78, 5) is 33.4. The third kappa shape index (κ3) is 3.95. The van der Waals surface area contributed by atoms with Crippen molar-refractivity contribution in [3.05, 3.63) is 37.9 Å². The minimum Gasteiger partial charge on any atom is -0.365 e. The molecule has 1 rings (SSSR count). The minimum absolute atomic E-state index is 0.0389. The van der Waals surface area contributed by atoms with Crippen molar-refractivity contribution in [3.8, 4) is 0 Å². The normalized spacial score (nSPS) is 10.3. The first-order chi connectivity index (χ1) is 10.3. The van der Waals surface area contributed by atoms with E-state index >= 15 is 0 Å². The molecule has 0 bridgehead atoms. The van der Waals surface area contributed by atoms with Crippen LogP contribution in [0, 0.1) is 20.2 Å². The highest BCUT2D eigenvalue weighted by molar-refractivity contribution is 6.18. The molecule has 0 aliphatic heterocycles. The van der Waals surface area contributed by atoms with Crippen LogP contribution in [-0.4, -0.2) is 40.6 Å². The maximum Gasteiger partial charge on any atom is 0.293 e. The van der Waals surface area contributed by atoms with Gasteiger partial charge in [0.15, 0.2) is 0 Å². The Kier molecular flexibility index (Phi) is 6.32. The molecule has 22 heavy (non-hydrogen) atoms. The van der Waals surface area contributed by atoms with Gasteiger partial charge in [0.25, 0.3) is 17.3 Å². The van der Waals surface area contributed by atoms with Gasteiger partial charge in [-0.15, -0.1) is 23.2 Å². The van der Waals surface area contributed by atoms with Gasteiger partial charge in [-0.05, 0) is 0 Å². The van der Waals surface area contributed by atoms with E-state index in [4.69, 9.17) is 28.9 Å². The van der Waals surface area contributed by atoms with Crippen molar-refractivity contribution >= 4 is 46.2 Å². The van der Waals surface area contributed by atoms with Crippen molar-refractivity contribution in [2.24, 2.45) is 5.73 Å². The maximum atomic E-state index is 11.3. The van der Waals surface area contributed by atoms with Crippen LogP contribution < -0.4 is 10.6 Å². The first kappa shape index (κ1) is 17.9. The van der Waals surface area contributed by atoms with E-state index < -0.39 is 32.7 Å². The van der Waals surface area contributed by atoms with E-state index in [9.17, 15) is 25.0 Å². The Morgan fingerprint density at radius 1 is 1.09 bits per heavy atom. The Hall–Kier alpha value is -2.13. The van der Waals surface area contributed by atoms with Crippen LogP contribution in [-0.2, 0) is 0 Å². The molecule has 1 aromatic carbocycles. The van der Waals surface area contributed by atoms with Crippen molar-refractivity contribution < 1.29 is 14.6 Å². The Balaban J connectivity index is 3.59. The highest BCUT2D eigenvalue weighted by Gasteiger charge is 2.29. The molecule has 0 fully saturated rings. The van der Waals surface area contributed by atoms with Gasteiger partial charge in [-0.3, -0.25) is 25.0 Å². The number of primary amides is 1. The SMILES string of the molecule is NC(=O)c1cc([N+](=O)[O-])c(N(CCCl)CCCl)cc1[N+](=O)[O-]. The summed E-state index contributed by atoms with van der Waals surface area (Å²) < 4.78 is 0. The molecule has 11 heteroatoms. The van der Waals surface area contributed by atoms with E-state index in [2.05, 4.69) is 0 Å². The molecule has 0 aliphatic carbocycles. The maximum absolute atomic E-state index is 11.3. The predicted molar refractivity (Wildman–Crippen MR) is 81.9 cm³/mol. The second-order valence-electron chi connectivity index (χ2n) is 4.10. The molecule has 0 unspecified atom stereocenters. The number of nitro benzene ring substituents is 2. The lowest BCUT2D eigenvalue weighted by Crippen LogP contribution is -2.28. The number of carbonyl (C=O) groups is 1. The first-order valence-electron chi connectivity index (χ1n) is 5.97. The van der Waals surface area contributed by atoms with E-state index in [0.717, 1.165) is 12.1 Å². The third-order valence-electron chi connectivity index (χ3n) is 2.80. The Labute approximate surface area is 134 Å². The molecule has 0 saturated carbocycles. The number of benzene rings is 1. The van der Waals surface area contributed by atoms with Gasteiger partial charge in [-0.25, -0.2) is 0 Å². The van der Waals surface area contributed by atoms with Gasteiger partial charge in [-0.2, -0.15) is 0 Å². The van der Waals surface area contributed by atoms with Gasteiger partial charge in [0.1, 0.15) is 11.3 Å². The van der Waals surface area contributed by atoms with Crippen LogP contribution in [0.1, 0.15) is 10.4 Å². The van der Waals surface area contributed by atoms with Crippen LogP contribution in [0.2, 0.25) is 0 Å². The lowest BCUT2D eigenvalue weighted by atomic mass is 10.1. The number of alkyl halides is 2. The molecule has 0 radical (unpaired) electrons. The number of halogens is 2. The van der Waals surface area contributed by atoms with Crippen molar-refractivity contribution in [1.82, 2.24) is 0 Å². The topological polar surface area (TPSA) is 133 Å². The zero-order chi connectivity index (χ0) is 16.9. The van der Waals surface area contributed by atoms with Crippen LogP contribution in [0.15, 0.2) is 12.1 Å². The Morgan fingerprint density at radius 2 is 1.59 bits per heavy atom. The van der Waals surface area contributed by atoms with E-state index in [1.54, 1.807) is 0 Å². The summed E-state index contributed by atoms with van der Waals surface area (Å²) in [5.74, 6) is -0.846. The van der Waals surface area contributed by atoms with E-state index in [-0.39, 0.29) is 30.5 Å². The van der Waals surface area contributed by atoms with Crippen LogP contribution in [0.5, 0.6) is 0 Å². The number of rotatable bonds is 8. The van der Waals surface area contributed by atoms with Crippen molar-refractivity contribution in [2.75, 3.05) is 29.7 Å². The Bertz CT molecular complexity index is 604. The first-order valence-corrected chi connectivity index (χ1v) is 7.03. The van der Waals surface area contributed by atoms with Gasteiger partial charge in [0.05, 0.1) is 9.85 Å². The fourth-order valence-electron chi connectivity index (χ4n) is 1.87. The molecule has 0 aromatic heterocycles. The largest absolute Gasteiger partial charge is 0.365 e. The Morgan fingerprint density at radius 3 is 1.95 bits per heavy atom. The van der Waals surface area contributed by atoms with Crippen molar-refractivity contribution in [2.45, 2.75) is 0 Å². The van der Waals surface area contributed by atoms with Gasteiger partial charge in [0, 0.05) is 37.0 Å². The summed E-state index contributed by atoms with van der Waals surface area (Å²) in [5.41, 5.74) is 3.39. The number of hydrogen-bond donors (Lipinski definition) is 1. The molecule has 0 atom stereocenters. The number of nitrogens with two attached hydrogens (primary N) is 1. The number of nitrogens with zero attached hydrogens (tertiary/aromatic N) is 3. The third-order valence-corrected chi connectivity index (χ3v) is 3.14. The van der Waals surface area contributed by atoms with E-state index in [1.807, 2.05) is 0 Å². The lowest BCUT2D eigenvalue weighted by molar-refractivity contribution is -0.388. The van der Waals surface area contributed by atoms with Crippen LogP contribution in [0.4, 0.5) is 17.1 Å². The highest BCUT2D eigenvalue weighted by atomic mass is 35.5. The molecule has 1 amide bonds. The van der Waals surface area contributed by atoms with Gasteiger partial charge in [-0.1, -0.05) is 0 Å². The summed E-state index contributed by atoms with van der Waals surface area (Å²) in [6.45, 7) is 0.393. The molecule has 0 saturated heterocycles. The zero-order valence-corrected chi connectivity index (χ0v) is 12.7. The van der Waals surface area contributed by atoms with Crippen LogP contribution >= 0.6 is 23.2 Å². The predicted octanol–water partition coefficient (Wildman–Crippen LogP) is 1.89. The van der Waals surface area contributed by atoms with Gasteiger partial charge in [0.2, 0.25) is 0 Å². The fourth-order valence-corrected chi connectivity index (χ4v) is 2.28. The van der Waals surface area contributed by atoms with Gasteiger partial charge >= 0.3 is 0 Å². The van der Waals surface area contributed by atoms with Crippen molar-refractivity contribution in [1.29, 1.82) is 0 Å². The van der Waals surface area contributed by atoms with Crippen molar-refractivity contribution in [3.63, 3.8) is 0 Å². The summed E-state index contributed by atoms with van der Waals surface area (Å²) in [5, 5.41) is 22.2. The standard InChI is InChI=1S/C11H12Cl2N4O5/c12-1-3-15(4-2-13)9-6-8(16(19)20)7(11(14)18)5-10(9)17(21)22/h5-6H,1-4H2,(H2,14,18). The molecule has 0 spiro atoms. The zero-order valence-electron chi connectivity index (χ0n) is 11.2. The monoisotopic (exact) mass is 350 g/mol. The number of anilines is 1. The summed E-state index contributed by atoms with van der Waals surface area (Å²) in [7, 11) is 0. The summed E-state index contributed by atoms with van der Waals surface area (Å²) >= 11 is 11.3. The average Bonchev–Trinajstić information content (AvgIpc) is 2.45. The average molecular weight is 351 g/mol. The second kappa shape index (κ2) is 7.76. The molecule has 9 nitrogen and oxygen atoms in total. The number of nitro groups is 2. The summed E-state index contributed by atoms with van der Waals surface area (Å²) in [6, 6.07) is 1.74. The molecular weight excluding hydrogens is 339 g/mol. The van der Waals surface area contributed by atoms with Crippen LogP contribution in [0.25, 0.3) is 0 Å². The van der Waals surface area contributed by atoms with E-state index in [1.165, 1.54) is 4.90 Å². The van der Waals surface area contributed by atoms with E-state index in [0.29, 0.717) is 0 Å².